The molecular formula is C16H17NO6S. The molecule has 0 atom stereocenters. The molecule has 0 spiro atoms. The lowest BCUT2D eigenvalue weighted by Gasteiger charge is -2.08. The lowest BCUT2D eigenvalue weighted by atomic mass is 10.1. The van der Waals surface area contributed by atoms with E-state index >= 15 is 0 Å². The molecule has 0 aliphatic carbocycles. The van der Waals surface area contributed by atoms with Gasteiger partial charge in [-0.3, -0.25) is 4.55 Å². The molecule has 0 radical (unpaired) electrons. The fraction of sp³-hybridized carbons (Fsp3) is 0.125. The van der Waals surface area contributed by atoms with Gasteiger partial charge in [0.05, 0.1) is 14.2 Å². The largest absolute Gasteiger partial charge is 0.493 e. The van der Waals surface area contributed by atoms with Crippen molar-refractivity contribution in [3.05, 3.63) is 47.5 Å². The quantitative estimate of drug-likeness (QED) is 0.468. The van der Waals surface area contributed by atoms with Crippen LogP contribution >= 0.6 is 0 Å². The topological polar surface area (TPSA) is 108 Å². The van der Waals surface area contributed by atoms with Gasteiger partial charge >= 0.3 is 10.4 Å². The van der Waals surface area contributed by atoms with Crippen LogP contribution in [0.3, 0.4) is 0 Å². The number of anilines is 1. The van der Waals surface area contributed by atoms with Gasteiger partial charge in [0.15, 0.2) is 17.2 Å². The van der Waals surface area contributed by atoms with Crippen LogP contribution < -0.4 is 19.4 Å². The van der Waals surface area contributed by atoms with Crippen molar-refractivity contribution in [3.8, 4) is 17.2 Å². The van der Waals surface area contributed by atoms with Crippen LogP contribution in [0.25, 0.3) is 12.2 Å². The Labute approximate surface area is 140 Å². The Kier molecular flexibility index (Phi) is 5.32. The van der Waals surface area contributed by atoms with Crippen molar-refractivity contribution >= 4 is 28.2 Å². The maximum absolute atomic E-state index is 10.9. The number of nitrogens with two attached hydrogens (primary N) is 1. The molecule has 0 saturated heterocycles. The van der Waals surface area contributed by atoms with Gasteiger partial charge in [-0.05, 0) is 29.8 Å². The van der Waals surface area contributed by atoms with Crippen LogP contribution in [-0.2, 0) is 10.4 Å². The molecule has 128 valence electrons. The number of ether oxygens (including phenoxy) is 2. The molecule has 7 nitrogen and oxygen atoms in total. The van der Waals surface area contributed by atoms with Crippen LogP contribution in [0.4, 0.5) is 5.69 Å². The third-order valence-corrected chi connectivity index (χ3v) is 3.49. The molecule has 0 heterocycles. The third-order valence-electron chi connectivity index (χ3n) is 3.10. The van der Waals surface area contributed by atoms with Gasteiger partial charge in [-0.1, -0.05) is 18.2 Å². The molecule has 0 aliphatic heterocycles. The van der Waals surface area contributed by atoms with E-state index in [-0.39, 0.29) is 5.75 Å². The molecule has 2 aromatic carbocycles. The zero-order valence-electron chi connectivity index (χ0n) is 13.1. The van der Waals surface area contributed by atoms with E-state index in [2.05, 4.69) is 4.18 Å². The summed E-state index contributed by atoms with van der Waals surface area (Å²) in [5.41, 5.74) is 7.14. The zero-order valence-corrected chi connectivity index (χ0v) is 13.9. The van der Waals surface area contributed by atoms with Crippen LogP contribution in [0.15, 0.2) is 36.4 Å². The van der Waals surface area contributed by atoms with Crippen molar-refractivity contribution in [2.24, 2.45) is 0 Å². The molecule has 2 aromatic rings. The van der Waals surface area contributed by atoms with Gasteiger partial charge in [0.1, 0.15) is 0 Å². The Hall–Kier alpha value is -2.71. The zero-order chi connectivity index (χ0) is 17.7. The van der Waals surface area contributed by atoms with Gasteiger partial charge in [-0.15, -0.1) is 0 Å². The number of hydrogen-bond acceptors (Lipinski definition) is 6. The Morgan fingerprint density at radius 2 is 1.67 bits per heavy atom. The predicted octanol–water partition coefficient (Wildman–Crippen LogP) is 2.64. The molecule has 0 aliphatic rings. The van der Waals surface area contributed by atoms with Gasteiger partial charge in [0.2, 0.25) is 0 Å². The number of rotatable bonds is 6. The second-order valence-corrected chi connectivity index (χ2v) is 5.78. The number of methoxy groups -OCH3 is 2. The maximum Gasteiger partial charge on any atom is 0.446 e. The average Bonchev–Trinajstić information content (AvgIpc) is 2.52. The van der Waals surface area contributed by atoms with Crippen molar-refractivity contribution in [1.82, 2.24) is 0 Å². The molecule has 0 unspecified atom stereocenters. The molecule has 24 heavy (non-hydrogen) atoms. The van der Waals surface area contributed by atoms with E-state index in [1.807, 2.05) is 0 Å². The van der Waals surface area contributed by atoms with Gasteiger partial charge in [-0.2, -0.15) is 8.42 Å². The highest BCUT2D eigenvalue weighted by atomic mass is 32.3. The Morgan fingerprint density at radius 3 is 2.29 bits per heavy atom. The molecule has 0 bridgehead atoms. The average molecular weight is 351 g/mol. The Bertz CT molecular complexity index is 861. The molecule has 0 aromatic heterocycles. The minimum atomic E-state index is -4.65. The highest BCUT2D eigenvalue weighted by Crippen LogP contribution is 2.29. The monoisotopic (exact) mass is 351 g/mol. The summed E-state index contributed by atoms with van der Waals surface area (Å²) in [5.74, 6) is 1.08. The van der Waals surface area contributed by atoms with Crippen LogP contribution in [0.2, 0.25) is 0 Å². The summed E-state index contributed by atoms with van der Waals surface area (Å²) in [6, 6.07) is 9.78. The SMILES string of the molecule is COc1ccc(C=Cc2ccc(N)cc2OS(=O)(=O)O)cc1OC. The molecule has 3 N–H and O–H groups in total. The fourth-order valence-corrected chi connectivity index (χ4v) is 2.39. The summed E-state index contributed by atoms with van der Waals surface area (Å²) >= 11 is 0. The highest BCUT2D eigenvalue weighted by Gasteiger charge is 2.11. The summed E-state index contributed by atoms with van der Waals surface area (Å²) in [6.45, 7) is 0. The standard InChI is InChI=1S/C16H17NO6S/c1-21-14-8-4-11(9-16(14)22-2)3-5-12-6-7-13(17)10-15(12)23-24(18,19)20/h3-10H,17H2,1-2H3,(H,18,19,20). The summed E-state index contributed by atoms with van der Waals surface area (Å²) in [6.07, 6.45) is 3.35. The number of benzene rings is 2. The maximum atomic E-state index is 10.9. The summed E-state index contributed by atoms with van der Waals surface area (Å²) in [4.78, 5) is 0. The van der Waals surface area contributed by atoms with Crippen molar-refractivity contribution in [1.29, 1.82) is 0 Å². The molecule has 0 amide bonds. The van der Waals surface area contributed by atoms with Crippen LogP contribution in [0, 0.1) is 0 Å². The minimum absolute atomic E-state index is 0.0748. The molecular weight excluding hydrogens is 334 g/mol. The summed E-state index contributed by atoms with van der Waals surface area (Å²) < 4.78 is 45.6. The van der Waals surface area contributed by atoms with Gasteiger partial charge in [0, 0.05) is 17.3 Å². The fourth-order valence-electron chi connectivity index (χ4n) is 2.02. The van der Waals surface area contributed by atoms with E-state index in [1.165, 1.54) is 13.2 Å². The van der Waals surface area contributed by atoms with Crippen molar-refractivity contribution < 1.29 is 26.6 Å². The first-order chi connectivity index (χ1) is 11.3. The van der Waals surface area contributed by atoms with E-state index in [1.54, 1.807) is 49.6 Å². The van der Waals surface area contributed by atoms with Gasteiger partial charge in [0.25, 0.3) is 0 Å². The number of hydrogen-bond donors (Lipinski definition) is 2. The van der Waals surface area contributed by atoms with Crippen molar-refractivity contribution in [2.75, 3.05) is 20.0 Å². The van der Waals surface area contributed by atoms with Crippen molar-refractivity contribution in [2.45, 2.75) is 0 Å². The van der Waals surface area contributed by atoms with E-state index in [4.69, 9.17) is 19.8 Å². The second kappa shape index (κ2) is 7.24. The lowest BCUT2D eigenvalue weighted by Crippen LogP contribution is -2.07. The van der Waals surface area contributed by atoms with E-state index < -0.39 is 10.4 Å². The third kappa shape index (κ3) is 4.64. The summed E-state index contributed by atoms with van der Waals surface area (Å²) in [7, 11) is -1.57. The highest BCUT2D eigenvalue weighted by molar-refractivity contribution is 7.81. The predicted molar refractivity (Wildman–Crippen MR) is 91.5 cm³/mol. The first-order valence-electron chi connectivity index (χ1n) is 6.79. The second-order valence-electron chi connectivity index (χ2n) is 4.76. The normalized spacial score (nSPS) is 11.5. The number of nitrogen functional groups attached to an aromatic ring is 1. The van der Waals surface area contributed by atoms with E-state index in [0.717, 1.165) is 5.56 Å². The Morgan fingerprint density at radius 1 is 0.958 bits per heavy atom. The molecule has 2 rings (SSSR count). The van der Waals surface area contributed by atoms with Crippen LogP contribution in [0.5, 0.6) is 17.2 Å². The van der Waals surface area contributed by atoms with Crippen LogP contribution in [0.1, 0.15) is 11.1 Å². The summed E-state index contributed by atoms with van der Waals surface area (Å²) in [5, 5.41) is 0. The first-order valence-corrected chi connectivity index (χ1v) is 8.15. The molecule has 8 heteroatoms. The smallest absolute Gasteiger partial charge is 0.446 e. The molecule has 0 fully saturated rings. The first kappa shape index (κ1) is 17.6. The van der Waals surface area contributed by atoms with E-state index in [9.17, 15) is 8.42 Å². The van der Waals surface area contributed by atoms with E-state index in [0.29, 0.717) is 22.7 Å². The lowest BCUT2D eigenvalue weighted by molar-refractivity contribution is 0.355. The van der Waals surface area contributed by atoms with Crippen molar-refractivity contribution in [3.63, 3.8) is 0 Å². The Balaban J connectivity index is 2.35. The van der Waals surface area contributed by atoms with Gasteiger partial charge in [-0.25, -0.2) is 0 Å². The van der Waals surface area contributed by atoms with Gasteiger partial charge < -0.3 is 19.4 Å². The minimum Gasteiger partial charge on any atom is -0.493 e. The van der Waals surface area contributed by atoms with Crippen LogP contribution in [-0.4, -0.2) is 27.2 Å². The molecule has 0 saturated carbocycles.